The summed E-state index contributed by atoms with van der Waals surface area (Å²) in [6.07, 6.45) is -4.41. The van der Waals surface area contributed by atoms with Gasteiger partial charge in [0, 0.05) is 4.91 Å². The van der Waals surface area contributed by atoms with Crippen LogP contribution in [0, 0.1) is 0 Å². The molecule has 7 N–H and O–H groups in total. The molecule has 34 heavy (non-hydrogen) atoms. The van der Waals surface area contributed by atoms with Crippen LogP contribution in [0.4, 0.5) is 5.82 Å². The molecule has 0 aliphatic carbocycles. The average Bonchev–Trinajstić information content (AvgIpc) is 3.22. The van der Waals surface area contributed by atoms with E-state index in [4.69, 9.17) is 30.3 Å². The number of azide groups is 1. The number of anilines is 1. The summed E-state index contributed by atoms with van der Waals surface area (Å²) in [7, 11) is -17.1. The topological polar surface area (TPSA) is 317 Å². The normalized spacial score (nSPS) is 26.5. The van der Waals surface area contributed by atoms with Gasteiger partial charge in [-0.15, -0.1) is 0 Å². The summed E-state index contributed by atoms with van der Waals surface area (Å²) in [4.78, 5) is 54.9. The largest absolute Gasteiger partial charge is 0.490 e. The van der Waals surface area contributed by atoms with Gasteiger partial charge in [0.2, 0.25) is 0 Å². The van der Waals surface area contributed by atoms with Crippen molar-refractivity contribution in [1.82, 2.24) is 19.5 Å². The Hall–Kier alpha value is -2.21. The molecule has 21 nitrogen and oxygen atoms in total. The van der Waals surface area contributed by atoms with Crippen molar-refractivity contribution in [2.75, 3.05) is 12.3 Å². The van der Waals surface area contributed by atoms with Crippen molar-refractivity contribution in [3.63, 3.8) is 0 Å². The number of nitrogens with zero attached hydrogens (tertiary/aromatic N) is 7. The molecule has 1 fully saturated rings. The van der Waals surface area contributed by atoms with Crippen molar-refractivity contribution in [2.24, 2.45) is 5.28 Å². The van der Waals surface area contributed by atoms with Crippen LogP contribution >= 0.6 is 23.5 Å². The predicted octanol–water partition coefficient (Wildman–Crippen LogP) is -0.379. The summed E-state index contributed by atoms with van der Waals surface area (Å²) < 4.78 is 53.3. The molecule has 0 amide bonds. The second kappa shape index (κ2) is 9.80. The number of fused-ring (bicyclic) bond motifs is 1. The predicted molar refractivity (Wildman–Crippen MR) is 103 cm³/mol. The first kappa shape index (κ1) is 26.4. The number of aliphatic hydroxyl groups excluding tert-OH is 1. The highest BCUT2D eigenvalue weighted by molar-refractivity contribution is 7.66. The SMILES string of the molecule is [N-]=[N+]=NOC[C@H]1O[C@@H](n2cnc3c(N)ncnc32)[C@H](O)[C@@H]1OP(=O)(O)OP(=O)(O)OP(=O)(O)O. The first-order chi connectivity index (χ1) is 15.7. The Morgan fingerprint density at radius 3 is 2.53 bits per heavy atom. The van der Waals surface area contributed by atoms with E-state index >= 15 is 0 Å². The number of ether oxygens (including phenoxy) is 1. The second-order valence-electron chi connectivity index (χ2n) is 6.27. The van der Waals surface area contributed by atoms with Crippen molar-refractivity contribution < 1.29 is 61.1 Å². The van der Waals surface area contributed by atoms with E-state index in [0.29, 0.717) is 0 Å². The van der Waals surface area contributed by atoms with Gasteiger partial charge in [0.25, 0.3) is 0 Å². The fraction of sp³-hybridized carbons (Fsp3) is 0.500. The minimum Gasteiger partial charge on any atom is -0.431 e. The van der Waals surface area contributed by atoms with Gasteiger partial charge in [-0.3, -0.25) is 9.09 Å². The van der Waals surface area contributed by atoms with E-state index in [9.17, 15) is 28.6 Å². The van der Waals surface area contributed by atoms with E-state index in [1.165, 1.54) is 0 Å². The van der Waals surface area contributed by atoms with Crippen molar-refractivity contribution in [1.29, 1.82) is 0 Å². The first-order valence-corrected chi connectivity index (χ1v) is 13.0. The molecular formula is C10H15N8O13P3. The molecule has 0 aromatic carbocycles. The molecule has 0 radical (unpaired) electrons. The van der Waals surface area contributed by atoms with Gasteiger partial charge in [-0.2, -0.15) is 8.62 Å². The minimum atomic E-state index is -5.83. The van der Waals surface area contributed by atoms with Crippen LogP contribution in [-0.4, -0.2) is 69.1 Å². The Morgan fingerprint density at radius 1 is 1.18 bits per heavy atom. The van der Waals surface area contributed by atoms with Crippen LogP contribution in [0.2, 0.25) is 0 Å². The molecule has 0 spiro atoms. The molecule has 2 aromatic heterocycles. The zero-order chi connectivity index (χ0) is 25.3. The minimum absolute atomic E-state index is 0.00992. The molecule has 188 valence electrons. The highest BCUT2D eigenvalue weighted by atomic mass is 31.3. The number of aromatic nitrogens is 4. The van der Waals surface area contributed by atoms with Crippen LogP contribution in [0.15, 0.2) is 17.9 Å². The van der Waals surface area contributed by atoms with E-state index in [2.05, 4.69) is 38.6 Å². The lowest BCUT2D eigenvalue weighted by atomic mass is 10.1. The lowest BCUT2D eigenvalue weighted by Crippen LogP contribution is -2.35. The van der Waals surface area contributed by atoms with Gasteiger partial charge >= 0.3 is 23.5 Å². The summed E-state index contributed by atoms with van der Waals surface area (Å²) >= 11 is 0. The number of phosphoric acid groups is 3. The third-order valence-corrected chi connectivity index (χ3v) is 7.81. The van der Waals surface area contributed by atoms with Gasteiger partial charge in [0.1, 0.15) is 42.0 Å². The Bertz CT molecular complexity index is 1240. The Morgan fingerprint density at radius 2 is 1.88 bits per heavy atom. The van der Waals surface area contributed by atoms with Crippen molar-refractivity contribution >= 4 is 40.4 Å². The molecule has 0 bridgehead atoms. The summed E-state index contributed by atoms with van der Waals surface area (Å²) in [5.74, 6) is -0.00992. The van der Waals surface area contributed by atoms with Crippen LogP contribution in [0.1, 0.15) is 6.23 Å². The molecule has 3 rings (SSSR count). The number of phosphoric ester groups is 1. The molecule has 1 aliphatic heterocycles. The van der Waals surface area contributed by atoms with E-state index in [1.54, 1.807) is 0 Å². The zero-order valence-electron chi connectivity index (χ0n) is 16.2. The van der Waals surface area contributed by atoms with Crippen molar-refractivity contribution in [3.05, 3.63) is 23.1 Å². The quantitative estimate of drug-likeness (QED) is 0.0724. The van der Waals surface area contributed by atoms with Gasteiger partial charge < -0.3 is 40.0 Å². The lowest BCUT2D eigenvalue weighted by molar-refractivity contribution is -0.0652. The maximum atomic E-state index is 12.2. The van der Waals surface area contributed by atoms with Gasteiger partial charge in [0.15, 0.2) is 17.7 Å². The monoisotopic (exact) mass is 548 g/mol. The number of nitrogen functional groups attached to an aromatic ring is 1. The Balaban J connectivity index is 1.88. The maximum absolute atomic E-state index is 12.2. The zero-order valence-corrected chi connectivity index (χ0v) is 18.9. The van der Waals surface area contributed by atoms with Crippen LogP contribution in [-0.2, 0) is 36.4 Å². The number of rotatable bonds is 10. The lowest BCUT2D eigenvalue weighted by Gasteiger charge is -2.23. The van der Waals surface area contributed by atoms with Crippen molar-refractivity contribution in [3.8, 4) is 0 Å². The van der Waals surface area contributed by atoms with Gasteiger partial charge in [-0.1, -0.05) is 0 Å². The van der Waals surface area contributed by atoms with E-state index < -0.39 is 54.6 Å². The highest BCUT2D eigenvalue weighted by Crippen LogP contribution is 2.67. The Labute approximate surface area is 187 Å². The molecule has 1 aliphatic rings. The number of hydrogen-bond donors (Lipinski definition) is 6. The van der Waals surface area contributed by atoms with E-state index in [0.717, 1.165) is 17.2 Å². The molecule has 6 atom stereocenters. The molecule has 0 saturated carbocycles. The summed E-state index contributed by atoms with van der Waals surface area (Å²) in [5.41, 5.74) is 14.2. The maximum Gasteiger partial charge on any atom is 0.490 e. The van der Waals surface area contributed by atoms with Crippen LogP contribution in [0.3, 0.4) is 0 Å². The van der Waals surface area contributed by atoms with Gasteiger partial charge in [-0.25, -0.2) is 28.6 Å². The molecule has 2 aromatic rings. The fourth-order valence-electron chi connectivity index (χ4n) is 2.86. The standard InChI is InChI=1S/C10H15N8O13P3/c11-8-5-9(14-2-13-8)18(3-15-5)10-6(19)7(4(28-10)1-27-17-16-12)29-33(23,24)31-34(25,26)30-32(20,21)22/h2-4,6-7,10,19H,1H2,(H,23,24)(H,25,26)(H2,11,13,14)(H2,20,21,22)/t4-,6-,7-,10-/m1/s1. The van der Waals surface area contributed by atoms with Gasteiger partial charge in [-0.05, 0) is 5.53 Å². The molecule has 24 heteroatoms. The summed E-state index contributed by atoms with van der Waals surface area (Å²) in [6, 6.07) is 0. The van der Waals surface area contributed by atoms with Crippen LogP contribution < -0.4 is 5.73 Å². The smallest absolute Gasteiger partial charge is 0.431 e. The fourth-order valence-corrected chi connectivity index (χ4v) is 6.08. The molecular weight excluding hydrogens is 533 g/mol. The first-order valence-electron chi connectivity index (χ1n) is 8.48. The number of nitrogens with two attached hydrogens (primary N) is 1. The van der Waals surface area contributed by atoms with Crippen LogP contribution in [0.25, 0.3) is 21.6 Å². The second-order valence-corrected chi connectivity index (χ2v) is 10.6. The molecule has 3 heterocycles. The average molecular weight is 548 g/mol. The van der Waals surface area contributed by atoms with E-state index in [1.807, 2.05) is 0 Å². The number of imidazole rings is 1. The molecule has 2 unspecified atom stereocenters. The number of hydrogen-bond acceptors (Lipinski definition) is 14. The summed E-state index contributed by atoms with van der Waals surface area (Å²) in [6.45, 7) is -0.665. The third-order valence-electron chi connectivity index (χ3n) is 3.97. The molecule has 1 saturated heterocycles. The van der Waals surface area contributed by atoms with Gasteiger partial charge in [0.05, 0.1) is 6.33 Å². The summed E-state index contributed by atoms with van der Waals surface area (Å²) in [5, 5.41) is 13.5. The third kappa shape index (κ3) is 6.26. The van der Waals surface area contributed by atoms with Crippen molar-refractivity contribution in [2.45, 2.75) is 24.5 Å². The highest BCUT2D eigenvalue weighted by Gasteiger charge is 2.51. The van der Waals surface area contributed by atoms with Crippen LogP contribution in [0.5, 0.6) is 0 Å². The van der Waals surface area contributed by atoms with E-state index in [-0.39, 0.29) is 17.0 Å². The number of aliphatic hydroxyl groups is 1. The Kier molecular flexibility index (Phi) is 7.61.